The molecule has 0 unspecified atom stereocenters. The summed E-state index contributed by atoms with van der Waals surface area (Å²) in [4.78, 5) is 18.0. The van der Waals surface area contributed by atoms with E-state index in [4.69, 9.17) is 4.74 Å². The second-order valence-corrected chi connectivity index (χ2v) is 9.56. The molecule has 0 saturated carbocycles. The Labute approximate surface area is 209 Å². The van der Waals surface area contributed by atoms with Gasteiger partial charge in [0, 0.05) is 13.1 Å². The van der Waals surface area contributed by atoms with Gasteiger partial charge in [0.1, 0.15) is 12.4 Å². The number of carbonyl (C=O) groups excluding carboxylic acids is 1. The van der Waals surface area contributed by atoms with Gasteiger partial charge in [-0.2, -0.15) is 0 Å². The van der Waals surface area contributed by atoms with Crippen molar-refractivity contribution in [2.24, 2.45) is 0 Å². The molecule has 0 radical (unpaired) electrons. The quantitative estimate of drug-likeness (QED) is 0.266. The molecular formula is C31H36N2O2. The zero-order valence-electron chi connectivity index (χ0n) is 21.2. The van der Waals surface area contributed by atoms with Crippen molar-refractivity contribution in [3.63, 3.8) is 0 Å². The summed E-state index contributed by atoms with van der Waals surface area (Å²) in [5.74, 6) is 0.584. The number of hydrogen-bond acceptors (Lipinski definition) is 4. The van der Waals surface area contributed by atoms with E-state index in [1.165, 1.54) is 24.0 Å². The van der Waals surface area contributed by atoms with Crippen molar-refractivity contribution in [1.29, 1.82) is 0 Å². The van der Waals surface area contributed by atoms with Crippen molar-refractivity contribution in [3.05, 3.63) is 95.1 Å². The lowest BCUT2D eigenvalue weighted by atomic mass is 9.96. The fourth-order valence-corrected chi connectivity index (χ4v) is 4.53. The molecule has 1 aliphatic rings. The summed E-state index contributed by atoms with van der Waals surface area (Å²) in [6, 6.07) is 22.6. The summed E-state index contributed by atoms with van der Waals surface area (Å²) in [6.07, 6.45) is 6.19. The zero-order valence-corrected chi connectivity index (χ0v) is 21.2. The zero-order chi connectivity index (χ0) is 24.6. The number of ketones is 1. The first-order chi connectivity index (χ1) is 17.0. The molecule has 0 aromatic heterocycles. The minimum Gasteiger partial charge on any atom is -0.491 e. The molecule has 1 saturated heterocycles. The summed E-state index contributed by atoms with van der Waals surface area (Å²) < 4.78 is 6.05. The highest BCUT2D eigenvalue weighted by Gasteiger charge is 2.15. The van der Waals surface area contributed by atoms with Crippen LogP contribution in [0.4, 0.5) is 0 Å². The Morgan fingerprint density at radius 2 is 1.74 bits per heavy atom. The monoisotopic (exact) mass is 468 g/mol. The van der Waals surface area contributed by atoms with Crippen LogP contribution < -0.4 is 4.74 Å². The molecule has 0 aliphatic carbocycles. The largest absolute Gasteiger partial charge is 0.491 e. The molecule has 1 heterocycles. The molecule has 0 atom stereocenters. The normalized spacial score (nSPS) is 14.2. The van der Waals surface area contributed by atoms with Crippen LogP contribution in [0.1, 0.15) is 39.9 Å². The summed E-state index contributed by atoms with van der Waals surface area (Å²) in [5, 5.41) is 0. The van der Waals surface area contributed by atoms with Gasteiger partial charge in [-0.1, -0.05) is 60.7 Å². The highest BCUT2D eigenvalue weighted by Crippen LogP contribution is 2.30. The lowest BCUT2D eigenvalue weighted by molar-refractivity contribution is 0.104. The van der Waals surface area contributed by atoms with Crippen LogP contribution in [0.2, 0.25) is 0 Å². The van der Waals surface area contributed by atoms with E-state index in [1.54, 1.807) is 6.08 Å². The third-order valence-corrected chi connectivity index (χ3v) is 6.56. The Balaban J connectivity index is 1.61. The Bertz CT molecular complexity index is 1180. The molecule has 1 fully saturated rings. The van der Waals surface area contributed by atoms with E-state index in [2.05, 4.69) is 47.1 Å². The lowest BCUT2D eigenvalue weighted by Crippen LogP contribution is -2.20. The van der Waals surface area contributed by atoms with Crippen molar-refractivity contribution < 1.29 is 9.53 Å². The van der Waals surface area contributed by atoms with Gasteiger partial charge in [-0.15, -0.1) is 0 Å². The van der Waals surface area contributed by atoms with Crippen LogP contribution in [0.25, 0.3) is 17.2 Å². The van der Waals surface area contributed by atoms with E-state index >= 15 is 0 Å². The number of likely N-dealkylation sites (N-methyl/N-ethyl adjacent to an activating group) is 1. The number of benzene rings is 3. The Kier molecular flexibility index (Phi) is 8.51. The van der Waals surface area contributed by atoms with Crippen molar-refractivity contribution in [2.45, 2.75) is 26.3 Å². The second-order valence-electron chi connectivity index (χ2n) is 9.56. The topological polar surface area (TPSA) is 32.8 Å². The summed E-state index contributed by atoms with van der Waals surface area (Å²) in [7, 11) is 4.03. The summed E-state index contributed by atoms with van der Waals surface area (Å²) >= 11 is 0. The lowest BCUT2D eigenvalue weighted by Gasteiger charge is -2.16. The smallest absolute Gasteiger partial charge is 0.189 e. The molecule has 0 spiro atoms. The maximum absolute atomic E-state index is 13.5. The number of likely N-dealkylation sites (tertiary alicyclic amines) is 1. The van der Waals surface area contributed by atoms with Gasteiger partial charge in [-0.25, -0.2) is 0 Å². The van der Waals surface area contributed by atoms with Gasteiger partial charge in [0.2, 0.25) is 0 Å². The number of rotatable bonds is 10. The van der Waals surface area contributed by atoms with Gasteiger partial charge in [0.05, 0.1) is 5.56 Å². The van der Waals surface area contributed by atoms with Gasteiger partial charge in [-0.05, 0) is 93.0 Å². The van der Waals surface area contributed by atoms with Crippen molar-refractivity contribution in [1.82, 2.24) is 9.80 Å². The van der Waals surface area contributed by atoms with Crippen molar-refractivity contribution in [3.8, 4) is 16.9 Å². The molecule has 182 valence electrons. The molecule has 0 bridgehead atoms. The van der Waals surface area contributed by atoms with Gasteiger partial charge in [0.15, 0.2) is 5.78 Å². The van der Waals surface area contributed by atoms with Crippen molar-refractivity contribution >= 4 is 11.9 Å². The Hall–Kier alpha value is -3.21. The minimum absolute atomic E-state index is 0.0451. The average molecular weight is 469 g/mol. The van der Waals surface area contributed by atoms with E-state index in [0.29, 0.717) is 17.9 Å². The first-order valence-corrected chi connectivity index (χ1v) is 12.5. The SMILES string of the molecule is Cc1ccccc1-c1ccc(OCCN(C)C)c(C(=O)C=Cc2ccccc2CN2CCCC2)c1. The molecule has 3 aromatic carbocycles. The van der Waals surface area contributed by atoms with E-state index in [-0.39, 0.29) is 5.78 Å². The average Bonchev–Trinajstić information content (AvgIpc) is 3.37. The van der Waals surface area contributed by atoms with Crippen LogP contribution in [0.5, 0.6) is 5.75 Å². The third-order valence-electron chi connectivity index (χ3n) is 6.56. The molecule has 4 heteroatoms. The molecule has 4 rings (SSSR count). The molecule has 1 aliphatic heterocycles. The minimum atomic E-state index is -0.0451. The van der Waals surface area contributed by atoms with Crippen molar-refractivity contribution in [2.75, 3.05) is 40.3 Å². The van der Waals surface area contributed by atoms with E-state index in [1.807, 2.05) is 56.6 Å². The molecule has 3 aromatic rings. The number of allylic oxidation sites excluding steroid dienone is 1. The van der Waals surface area contributed by atoms with E-state index in [9.17, 15) is 4.79 Å². The maximum Gasteiger partial charge on any atom is 0.189 e. The Morgan fingerprint density at radius 3 is 2.51 bits per heavy atom. The maximum atomic E-state index is 13.5. The van der Waals surface area contributed by atoms with E-state index in [0.717, 1.165) is 42.9 Å². The van der Waals surface area contributed by atoms with Crippen LogP contribution in [-0.4, -0.2) is 55.9 Å². The first kappa shape index (κ1) is 24.9. The standard InChI is InChI=1S/C31H36N2O2/c1-24-10-4-7-13-28(24)26-15-17-31(35-21-20-32(2)3)29(22-26)30(34)16-14-25-11-5-6-12-27(25)23-33-18-8-9-19-33/h4-7,10-17,22H,8-9,18-21,23H2,1-3H3. The van der Waals surface area contributed by atoms with Crippen LogP contribution in [0.15, 0.2) is 72.8 Å². The molecule has 4 nitrogen and oxygen atoms in total. The van der Waals surface area contributed by atoms with E-state index < -0.39 is 0 Å². The number of aryl methyl sites for hydroxylation is 1. The van der Waals surface area contributed by atoms with Gasteiger partial charge >= 0.3 is 0 Å². The second kappa shape index (κ2) is 12.0. The highest BCUT2D eigenvalue weighted by atomic mass is 16.5. The van der Waals surface area contributed by atoms with Crippen LogP contribution >= 0.6 is 0 Å². The molecule has 0 N–H and O–H groups in total. The van der Waals surface area contributed by atoms with Gasteiger partial charge in [0.25, 0.3) is 0 Å². The molecular weight excluding hydrogens is 432 g/mol. The number of ether oxygens (including phenoxy) is 1. The number of nitrogens with zero attached hydrogens (tertiary/aromatic N) is 2. The van der Waals surface area contributed by atoms with Gasteiger partial charge in [-0.3, -0.25) is 9.69 Å². The molecule has 0 amide bonds. The predicted octanol–water partition coefficient (Wildman–Crippen LogP) is 6.09. The first-order valence-electron chi connectivity index (χ1n) is 12.5. The fraction of sp³-hybridized carbons (Fsp3) is 0.323. The highest BCUT2D eigenvalue weighted by molar-refractivity contribution is 6.09. The van der Waals surface area contributed by atoms with Crippen LogP contribution in [0.3, 0.4) is 0 Å². The summed E-state index contributed by atoms with van der Waals surface area (Å²) in [5.41, 5.74) is 6.28. The third kappa shape index (κ3) is 6.68. The predicted molar refractivity (Wildman–Crippen MR) is 145 cm³/mol. The van der Waals surface area contributed by atoms with Crippen LogP contribution in [0, 0.1) is 6.92 Å². The van der Waals surface area contributed by atoms with Crippen LogP contribution in [-0.2, 0) is 6.54 Å². The fourth-order valence-electron chi connectivity index (χ4n) is 4.53. The molecule has 35 heavy (non-hydrogen) atoms. The Morgan fingerprint density at radius 1 is 1.00 bits per heavy atom. The number of hydrogen-bond donors (Lipinski definition) is 0. The number of carbonyl (C=O) groups is 1. The van der Waals surface area contributed by atoms with Gasteiger partial charge < -0.3 is 9.64 Å². The summed E-state index contributed by atoms with van der Waals surface area (Å²) in [6.45, 7) is 6.63.